The first-order chi connectivity index (χ1) is 17.6. The quantitative estimate of drug-likeness (QED) is 0.383. The Kier molecular flexibility index (Phi) is 9.47. The molecule has 1 aliphatic heterocycles. The van der Waals surface area contributed by atoms with Gasteiger partial charge in [-0.05, 0) is 42.5 Å². The zero-order chi connectivity index (χ0) is 25.2. The van der Waals surface area contributed by atoms with Crippen molar-refractivity contribution in [1.82, 2.24) is 9.88 Å². The second-order valence-corrected chi connectivity index (χ2v) is 9.88. The molecular formula is C27H29ClN4O3S. The SMILES string of the molecule is O=C(CCN(C(=O)c1cc(Cl)cc(OCCNc2ccncc2)c1)c1ccccc1)N1CCSCC1. The molecule has 0 spiro atoms. The van der Waals surface area contributed by atoms with E-state index >= 15 is 0 Å². The maximum Gasteiger partial charge on any atom is 0.258 e. The van der Waals surface area contributed by atoms with E-state index in [9.17, 15) is 9.59 Å². The molecule has 0 atom stereocenters. The zero-order valence-corrected chi connectivity index (χ0v) is 21.5. The van der Waals surface area contributed by atoms with E-state index in [2.05, 4.69) is 10.3 Å². The van der Waals surface area contributed by atoms with Crippen LogP contribution in [0.4, 0.5) is 11.4 Å². The van der Waals surface area contributed by atoms with E-state index in [1.54, 1.807) is 35.5 Å². The Balaban J connectivity index is 1.43. The van der Waals surface area contributed by atoms with Crippen LogP contribution in [0.5, 0.6) is 5.75 Å². The second-order valence-electron chi connectivity index (χ2n) is 8.22. The first-order valence-corrected chi connectivity index (χ1v) is 13.4. The predicted molar refractivity (Wildman–Crippen MR) is 146 cm³/mol. The first kappa shape index (κ1) is 25.9. The van der Waals surface area contributed by atoms with Gasteiger partial charge in [0.05, 0.1) is 0 Å². The molecule has 0 saturated carbocycles. The minimum absolute atomic E-state index is 0.0702. The number of carbonyl (C=O) groups is 2. The summed E-state index contributed by atoms with van der Waals surface area (Å²) in [5.74, 6) is 2.26. The number of carbonyl (C=O) groups excluding carboxylic acids is 2. The number of pyridine rings is 1. The van der Waals surface area contributed by atoms with Gasteiger partial charge in [0, 0.05) is 78.5 Å². The molecular weight excluding hydrogens is 496 g/mol. The number of anilines is 2. The van der Waals surface area contributed by atoms with Crippen LogP contribution >= 0.6 is 23.4 Å². The number of amides is 2. The van der Waals surface area contributed by atoms with Crippen LogP contribution in [-0.2, 0) is 4.79 Å². The third-order valence-electron chi connectivity index (χ3n) is 5.72. The molecule has 1 aromatic heterocycles. The summed E-state index contributed by atoms with van der Waals surface area (Å²) in [4.78, 5) is 33.9. The summed E-state index contributed by atoms with van der Waals surface area (Å²) in [6, 6.07) is 18.2. The van der Waals surface area contributed by atoms with Crippen molar-refractivity contribution in [3.63, 3.8) is 0 Å². The van der Waals surface area contributed by atoms with Crippen LogP contribution in [0, 0.1) is 0 Å². The molecule has 0 radical (unpaired) electrons. The molecule has 1 aliphatic rings. The topological polar surface area (TPSA) is 74.8 Å². The number of nitrogens with one attached hydrogen (secondary N) is 1. The summed E-state index contributed by atoms with van der Waals surface area (Å²) in [6.45, 7) is 2.76. The van der Waals surface area contributed by atoms with Crippen molar-refractivity contribution >= 4 is 46.6 Å². The Bertz CT molecular complexity index is 1140. The zero-order valence-electron chi connectivity index (χ0n) is 19.9. The van der Waals surface area contributed by atoms with Gasteiger partial charge in [0.2, 0.25) is 5.91 Å². The van der Waals surface area contributed by atoms with Gasteiger partial charge in [-0.15, -0.1) is 0 Å². The van der Waals surface area contributed by atoms with Crippen LogP contribution in [0.2, 0.25) is 5.02 Å². The molecule has 36 heavy (non-hydrogen) atoms. The van der Waals surface area contributed by atoms with E-state index < -0.39 is 0 Å². The Hall–Kier alpha value is -3.23. The molecule has 2 aromatic carbocycles. The minimum Gasteiger partial charge on any atom is -0.492 e. The Labute approximate surface area is 220 Å². The fourth-order valence-electron chi connectivity index (χ4n) is 3.89. The van der Waals surface area contributed by atoms with Gasteiger partial charge in [0.25, 0.3) is 5.91 Å². The van der Waals surface area contributed by atoms with Crippen molar-refractivity contribution in [2.45, 2.75) is 6.42 Å². The highest BCUT2D eigenvalue weighted by molar-refractivity contribution is 7.99. The lowest BCUT2D eigenvalue weighted by molar-refractivity contribution is -0.130. The number of para-hydroxylation sites is 1. The van der Waals surface area contributed by atoms with E-state index in [4.69, 9.17) is 16.3 Å². The van der Waals surface area contributed by atoms with Crippen molar-refractivity contribution in [1.29, 1.82) is 0 Å². The molecule has 0 bridgehead atoms. The number of nitrogens with zero attached hydrogens (tertiary/aromatic N) is 3. The van der Waals surface area contributed by atoms with E-state index in [1.165, 1.54) is 0 Å². The van der Waals surface area contributed by atoms with E-state index in [-0.39, 0.29) is 24.8 Å². The van der Waals surface area contributed by atoms with Crippen molar-refractivity contribution in [2.75, 3.05) is 54.5 Å². The highest BCUT2D eigenvalue weighted by Gasteiger charge is 2.22. The fraction of sp³-hybridized carbons (Fsp3) is 0.296. The molecule has 2 amide bonds. The average Bonchev–Trinajstić information content (AvgIpc) is 2.92. The highest BCUT2D eigenvalue weighted by atomic mass is 35.5. The lowest BCUT2D eigenvalue weighted by Gasteiger charge is -2.28. The Morgan fingerprint density at radius 3 is 2.56 bits per heavy atom. The third kappa shape index (κ3) is 7.38. The number of thioether (sulfide) groups is 1. The molecule has 4 rings (SSSR count). The summed E-state index contributed by atoms with van der Waals surface area (Å²) >= 11 is 8.21. The molecule has 2 heterocycles. The standard InChI is InChI=1S/C27H29ClN4O3S/c28-22-18-21(19-25(20-22)35-15-11-30-23-6-9-29-10-7-23)27(34)32(24-4-2-1-3-5-24)12-8-26(33)31-13-16-36-17-14-31/h1-7,9-10,18-20H,8,11-17H2,(H,29,30). The van der Waals surface area contributed by atoms with Gasteiger partial charge in [-0.3, -0.25) is 14.6 Å². The van der Waals surface area contributed by atoms with Crippen molar-refractivity contribution in [3.8, 4) is 5.75 Å². The number of halogens is 1. The van der Waals surface area contributed by atoms with Crippen molar-refractivity contribution in [2.24, 2.45) is 0 Å². The monoisotopic (exact) mass is 524 g/mol. The average molecular weight is 525 g/mol. The highest BCUT2D eigenvalue weighted by Crippen LogP contribution is 2.25. The summed E-state index contributed by atoms with van der Waals surface area (Å²) in [7, 11) is 0. The molecule has 3 aromatic rings. The van der Waals surface area contributed by atoms with Gasteiger partial charge in [0.1, 0.15) is 12.4 Å². The fourth-order valence-corrected chi connectivity index (χ4v) is 5.02. The lowest BCUT2D eigenvalue weighted by Crippen LogP contribution is -2.40. The summed E-state index contributed by atoms with van der Waals surface area (Å²) in [6.07, 6.45) is 3.70. The minimum atomic E-state index is -0.231. The number of aromatic nitrogens is 1. The van der Waals surface area contributed by atoms with Gasteiger partial charge in [-0.1, -0.05) is 29.8 Å². The lowest BCUT2D eigenvalue weighted by atomic mass is 10.1. The molecule has 0 unspecified atom stereocenters. The molecule has 1 saturated heterocycles. The number of hydrogen-bond acceptors (Lipinski definition) is 6. The van der Waals surface area contributed by atoms with E-state index in [0.717, 1.165) is 36.0 Å². The van der Waals surface area contributed by atoms with Crippen LogP contribution < -0.4 is 15.0 Å². The summed E-state index contributed by atoms with van der Waals surface area (Å²) < 4.78 is 5.87. The van der Waals surface area contributed by atoms with E-state index in [0.29, 0.717) is 29.5 Å². The number of benzene rings is 2. The molecule has 9 heteroatoms. The van der Waals surface area contributed by atoms with E-state index in [1.807, 2.05) is 59.1 Å². The normalized spacial score (nSPS) is 13.2. The second kappa shape index (κ2) is 13.2. The largest absolute Gasteiger partial charge is 0.492 e. The van der Waals surface area contributed by atoms with Gasteiger partial charge in [-0.2, -0.15) is 11.8 Å². The van der Waals surface area contributed by atoms with Crippen LogP contribution in [0.3, 0.4) is 0 Å². The molecule has 7 nitrogen and oxygen atoms in total. The molecule has 0 aliphatic carbocycles. The number of rotatable bonds is 10. The van der Waals surface area contributed by atoms with Gasteiger partial charge < -0.3 is 19.9 Å². The van der Waals surface area contributed by atoms with Gasteiger partial charge >= 0.3 is 0 Å². The number of hydrogen-bond donors (Lipinski definition) is 1. The number of ether oxygens (including phenoxy) is 1. The van der Waals surface area contributed by atoms with Crippen molar-refractivity contribution < 1.29 is 14.3 Å². The van der Waals surface area contributed by atoms with Crippen molar-refractivity contribution in [3.05, 3.63) is 83.6 Å². The maximum atomic E-state index is 13.6. The Morgan fingerprint density at radius 1 is 1.06 bits per heavy atom. The maximum absolute atomic E-state index is 13.6. The van der Waals surface area contributed by atoms with Crippen LogP contribution in [0.15, 0.2) is 73.1 Å². The van der Waals surface area contributed by atoms with Crippen LogP contribution in [-0.4, -0.2) is 66.0 Å². The smallest absolute Gasteiger partial charge is 0.258 e. The van der Waals surface area contributed by atoms with Gasteiger partial charge in [0.15, 0.2) is 0 Å². The van der Waals surface area contributed by atoms with Gasteiger partial charge in [-0.25, -0.2) is 0 Å². The molecule has 188 valence electrons. The predicted octanol–water partition coefficient (Wildman–Crippen LogP) is 4.84. The molecule has 1 fully saturated rings. The summed E-state index contributed by atoms with van der Waals surface area (Å²) in [5, 5.41) is 3.66. The third-order valence-corrected chi connectivity index (χ3v) is 6.89. The Morgan fingerprint density at radius 2 is 1.81 bits per heavy atom. The molecule has 1 N–H and O–H groups in total. The van der Waals surface area contributed by atoms with Crippen LogP contribution in [0.25, 0.3) is 0 Å². The summed E-state index contributed by atoms with van der Waals surface area (Å²) in [5.41, 5.74) is 2.09. The van der Waals surface area contributed by atoms with Crippen LogP contribution in [0.1, 0.15) is 16.8 Å². The first-order valence-electron chi connectivity index (χ1n) is 11.9.